The van der Waals surface area contributed by atoms with E-state index in [2.05, 4.69) is 10.3 Å². The van der Waals surface area contributed by atoms with Crippen LogP contribution >= 0.6 is 11.6 Å². The van der Waals surface area contributed by atoms with Gasteiger partial charge in [-0.25, -0.2) is 0 Å². The standard InChI is InChI=1S/C8H11ClN2O2/c1-5(12)3-11-8(13)7-2-6(9)4-10-7/h2,4-5,10,12H,3H2,1H3,(H,11,13)/t5-/m1/s1. The molecule has 0 aliphatic rings. The molecule has 0 aliphatic carbocycles. The lowest BCUT2D eigenvalue weighted by molar-refractivity contribution is 0.0919. The van der Waals surface area contributed by atoms with Gasteiger partial charge >= 0.3 is 0 Å². The molecule has 0 spiro atoms. The fraction of sp³-hybridized carbons (Fsp3) is 0.375. The highest BCUT2D eigenvalue weighted by molar-refractivity contribution is 6.30. The first-order chi connectivity index (χ1) is 6.09. The average molecular weight is 203 g/mol. The van der Waals surface area contributed by atoms with E-state index >= 15 is 0 Å². The first-order valence-corrected chi connectivity index (χ1v) is 4.27. The van der Waals surface area contributed by atoms with Crippen LogP contribution < -0.4 is 5.32 Å². The Labute approximate surface area is 80.9 Å². The lowest BCUT2D eigenvalue weighted by Gasteiger charge is -2.04. The van der Waals surface area contributed by atoms with Gasteiger partial charge < -0.3 is 15.4 Å². The lowest BCUT2D eigenvalue weighted by Crippen LogP contribution is -2.30. The summed E-state index contributed by atoms with van der Waals surface area (Å²) in [5.74, 6) is -0.271. The summed E-state index contributed by atoms with van der Waals surface area (Å²) in [6.45, 7) is 1.83. The zero-order valence-electron chi connectivity index (χ0n) is 7.17. The van der Waals surface area contributed by atoms with Crippen LogP contribution in [0.15, 0.2) is 12.3 Å². The van der Waals surface area contributed by atoms with Crippen molar-refractivity contribution >= 4 is 17.5 Å². The van der Waals surface area contributed by atoms with Crippen LogP contribution in [0.2, 0.25) is 5.02 Å². The van der Waals surface area contributed by atoms with E-state index in [1.165, 1.54) is 12.3 Å². The third-order valence-corrected chi connectivity index (χ3v) is 1.67. The van der Waals surface area contributed by atoms with Crippen LogP contribution in [0.25, 0.3) is 0 Å². The number of aliphatic hydroxyl groups excluding tert-OH is 1. The molecular weight excluding hydrogens is 192 g/mol. The summed E-state index contributed by atoms with van der Waals surface area (Å²) in [4.78, 5) is 14.0. The Morgan fingerprint density at radius 3 is 3.00 bits per heavy atom. The second kappa shape index (κ2) is 4.30. The molecule has 1 amide bonds. The minimum atomic E-state index is -0.547. The average Bonchev–Trinajstić information content (AvgIpc) is 2.47. The van der Waals surface area contributed by atoms with Crippen molar-refractivity contribution in [2.24, 2.45) is 0 Å². The minimum Gasteiger partial charge on any atom is -0.392 e. The lowest BCUT2D eigenvalue weighted by atomic mass is 10.3. The van der Waals surface area contributed by atoms with Crippen molar-refractivity contribution in [2.75, 3.05) is 6.54 Å². The van der Waals surface area contributed by atoms with E-state index in [1.54, 1.807) is 6.92 Å². The maximum absolute atomic E-state index is 11.3. The molecule has 72 valence electrons. The third-order valence-electron chi connectivity index (χ3n) is 1.45. The highest BCUT2D eigenvalue weighted by Crippen LogP contribution is 2.08. The number of carbonyl (C=O) groups excluding carboxylic acids is 1. The van der Waals surface area contributed by atoms with E-state index in [0.29, 0.717) is 10.7 Å². The van der Waals surface area contributed by atoms with Crippen LogP contribution in [0.3, 0.4) is 0 Å². The topological polar surface area (TPSA) is 65.1 Å². The van der Waals surface area contributed by atoms with Gasteiger partial charge in [0.25, 0.3) is 5.91 Å². The fourth-order valence-corrected chi connectivity index (χ4v) is 0.998. The van der Waals surface area contributed by atoms with Crippen molar-refractivity contribution in [1.29, 1.82) is 0 Å². The fourth-order valence-electron chi connectivity index (χ4n) is 0.835. The first-order valence-electron chi connectivity index (χ1n) is 3.90. The van der Waals surface area contributed by atoms with Crippen LogP contribution in [0, 0.1) is 0 Å². The van der Waals surface area contributed by atoms with E-state index < -0.39 is 6.10 Å². The molecule has 1 aromatic heterocycles. The molecular formula is C8H11ClN2O2. The number of halogens is 1. The smallest absolute Gasteiger partial charge is 0.267 e. The molecule has 0 saturated carbocycles. The summed E-state index contributed by atoms with van der Waals surface area (Å²) in [6, 6.07) is 1.53. The molecule has 1 rings (SSSR count). The van der Waals surface area contributed by atoms with Gasteiger partial charge in [0, 0.05) is 12.7 Å². The van der Waals surface area contributed by atoms with Crippen molar-refractivity contribution in [3.63, 3.8) is 0 Å². The largest absolute Gasteiger partial charge is 0.392 e. The normalized spacial score (nSPS) is 12.5. The number of hydrogen-bond acceptors (Lipinski definition) is 2. The maximum atomic E-state index is 11.3. The summed E-state index contributed by atoms with van der Waals surface area (Å²) in [6.07, 6.45) is 0.980. The molecule has 0 unspecified atom stereocenters. The Balaban J connectivity index is 2.49. The minimum absolute atomic E-state index is 0.232. The van der Waals surface area contributed by atoms with E-state index in [9.17, 15) is 4.79 Å². The number of aliphatic hydroxyl groups is 1. The monoisotopic (exact) mass is 202 g/mol. The molecule has 0 saturated heterocycles. The molecule has 1 atom stereocenters. The van der Waals surface area contributed by atoms with E-state index in [-0.39, 0.29) is 12.5 Å². The molecule has 0 aromatic carbocycles. The quantitative estimate of drug-likeness (QED) is 0.678. The van der Waals surface area contributed by atoms with Gasteiger partial charge in [0.2, 0.25) is 0 Å². The molecule has 3 N–H and O–H groups in total. The SMILES string of the molecule is C[C@@H](O)CNC(=O)c1cc(Cl)c[nH]1. The number of nitrogens with one attached hydrogen (secondary N) is 2. The Kier molecular flexibility index (Phi) is 3.33. The molecule has 13 heavy (non-hydrogen) atoms. The molecule has 0 fully saturated rings. The number of aromatic amines is 1. The number of carbonyl (C=O) groups is 1. The number of aromatic nitrogens is 1. The van der Waals surface area contributed by atoms with Gasteiger partial charge in [0.15, 0.2) is 0 Å². The Bertz CT molecular complexity index is 296. The van der Waals surface area contributed by atoms with Crippen LogP contribution in [-0.2, 0) is 0 Å². The third kappa shape index (κ3) is 3.08. The summed E-state index contributed by atoms with van der Waals surface area (Å²) in [5.41, 5.74) is 0.394. The molecule has 0 bridgehead atoms. The van der Waals surface area contributed by atoms with E-state index in [1.807, 2.05) is 0 Å². The molecule has 0 radical (unpaired) electrons. The summed E-state index contributed by atoms with van der Waals surface area (Å²) < 4.78 is 0. The highest BCUT2D eigenvalue weighted by Gasteiger charge is 2.07. The van der Waals surface area contributed by atoms with Crippen molar-refractivity contribution in [2.45, 2.75) is 13.0 Å². The van der Waals surface area contributed by atoms with Gasteiger partial charge in [-0.3, -0.25) is 4.79 Å². The van der Waals surface area contributed by atoms with Crippen molar-refractivity contribution in [3.05, 3.63) is 23.0 Å². The van der Waals surface area contributed by atoms with Crippen molar-refractivity contribution in [1.82, 2.24) is 10.3 Å². The predicted molar refractivity (Wildman–Crippen MR) is 49.8 cm³/mol. The molecule has 1 aromatic rings. The zero-order chi connectivity index (χ0) is 9.84. The van der Waals surface area contributed by atoms with Crippen LogP contribution in [0.5, 0.6) is 0 Å². The number of H-pyrrole nitrogens is 1. The zero-order valence-corrected chi connectivity index (χ0v) is 7.93. The Hall–Kier alpha value is -1.00. The number of rotatable bonds is 3. The van der Waals surface area contributed by atoms with Gasteiger partial charge in [0.1, 0.15) is 5.69 Å². The van der Waals surface area contributed by atoms with Gasteiger partial charge in [-0.1, -0.05) is 11.6 Å². The highest BCUT2D eigenvalue weighted by atomic mass is 35.5. The molecule has 1 heterocycles. The van der Waals surface area contributed by atoms with Crippen molar-refractivity contribution < 1.29 is 9.90 Å². The molecule has 4 nitrogen and oxygen atoms in total. The summed E-state index contributed by atoms with van der Waals surface area (Å²) in [7, 11) is 0. The summed E-state index contributed by atoms with van der Waals surface area (Å²) >= 11 is 5.61. The van der Waals surface area contributed by atoms with Crippen molar-refractivity contribution in [3.8, 4) is 0 Å². The number of amides is 1. The maximum Gasteiger partial charge on any atom is 0.267 e. The first kappa shape index (κ1) is 10.1. The van der Waals surface area contributed by atoms with Gasteiger partial charge in [0.05, 0.1) is 11.1 Å². The number of hydrogen-bond donors (Lipinski definition) is 3. The summed E-state index contributed by atoms with van der Waals surface area (Å²) in [5, 5.41) is 11.9. The van der Waals surface area contributed by atoms with E-state index in [0.717, 1.165) is 0 Å². The predicted octanol–water partition coefficient (Wildman–Crippen LogP) is 0.779. The molecule has 0 aliphatic heterocycles. The van der Waals surface area contributed by atoms with Gasteiger partial charge in [-0.2, -0.15) is 0 Å². The van der Waals surface area contributed by atoms with E-state index in [4.69, 9.17) is 16.7 Å². The second-order valence-corrected chi connectivity index (χ2v) is 3.23. The second-order valence-electron chi connectivity index (χ2n) is 2.79. The van der Waals surface area contributed by atoms with Crippen LogP contribution in [0.4, 0.5) is 0 Å². The van der Waals surface area contributed by atoms with Gasteiger partial charge in [-0.15, -0.1) is 0 Å². The van der Waals surface area contributed by atoms with Crippen LogP contribution in [0.1, 0.15) is 17.4 Å². The van der Waals surface area contributed by atoms with Crippen LogP contribution in [-0.4, -0.2) is 28.6 Å². The van der Waals surface area contributed by atoms with Gasteiger partial charge in [-0.05, 0) is 13.0 Å². The molecule has 5 heteroatoms. The Morgan fingerprint density at radius 1 is 1.85 bits per heavy atom. The Morgan fingerprint density at radius 2 is 2.54 bits per heavy atom.